The highest BCUT2D eigenvalue weighted by molar-refractivity contribution is 5.73. The third-order valence-electron chi connectivity index (χ3n) is 2.66. The van der Waals surface area contributed by atoms with E-state index in [1.807, 2.05) is 0 Å². The summed E-state index contributed by atoms with van der Waals surface area (Å²) >= 11 is 0. The molecule has 24 heavy (non-hydrogen) atoms. The van der Waals surface area contributed by atoms with Gasteiger partial charge in [-0.25, -0.2) is 0 Å². The monoisotopic (exact) mass is 306 g/mol. The summed E-state index contributed by atoms with van der Waals surface area (Å²) < 4.78 is 0. The molecule has 0 aromatic heterocycles. The summed E-state index contributed by atoms with van der Waals surface area (Å²) in [6.45, 7) is 0. The summed E-state index contributed by atoms with van der Waals surface area (Å²) in [5, 5.41) is 53.0. The van der Waals surface area contributed by atoms with Gasteiger partial charge in [-0.05, 0) is 53.1 Å². The van der Waals surface area contributed by atoms with Crippen LogP contribution in [0.25, 0.3) is 18.2 Å². The van der Waals surface area contributed by atoms with Crippen LogP contribution in [0, 0.1) is 68.0 Å². The molecule has 6 nitrogen and oxygen atoms in total. The van der Waals surface area contributed by atoms with Crippen molar-refractivity contribution in [1.29, 1.82) is 31.6 Å². The van der Waals surface area contributed by atoms with Crippen molar-refractivity contribution >= 4 is 18.2 Å². The number of rotatable bonds is 3. The molecule has 0 unspecified atom stereocenters. The number of benzene rings is 1. The fourth-order valence-corrected chi connectivity index (χ4v) is 1.72. The van der Waals surface area contributed by atoms with Gasteiger partial charge in [-0.1, -0.05) is 0 Å². The average Bonchev–Trinajstić information content (AvgIpc) is 2.61. The molecule has 0 spiro atoms. The molecule has 0 aliphatic carbocycles. The first kappa shape index (κ1) is 17.4. The lowest BCUT2D eigenvalue weighted by Gasteiger charge is -2.02. The first-order valence-electron chi connectivity index (χ1n) is 6.31. The quantitative estimate of drug-likeness (QED) is 0.785. The van der Waals surface area contributed by atoms with Crippen LogP contribution in [0.4, 0.5) is 0 Å². The van der Waals surface area contributed by atoms with Gasteiger partial charge in [0.1, 0.15) is 53.1 Å². The molecule has 0 aliphatic heterocycles. The summed E-state index contributed by atoms with van der Waals surface area (Å²) in [5.74, 6) is 0. The molecule has 0 N–H and O–H groups in total. The van der Waals surface area contributed by atoms with Crippen LogP contribution in [-0.2, 0) is 0 Å². The second-order valence-corrected chi connectivity index (χ2v) is 4.28. The number of hydrogen-bond donors (Lipinski definition) is 0. The van der Waals surface area contributed by atoms with Gasteiger partial charge in [-0.2, -0.15) is 31.6 Å². The molecule has 108 valence electrons. The zero-order chi connectivity index (χ0) is 17.9. The largest absolute Gasteiger partial charge is 0.192 e. The Labute approximate surface area is 138 Å². The first-order valence-corrected chi connectivity index (χ1v) is 6.31. The molecule has 0 radical (unpaired) electrons. The zero-order valence-corrected chi connectivity index (χ0v) is 12.1. The van der Waals surface area contributed by atoms with Crippen molar-refractivity contribution in [1.82, 2.24) is 0 Å². The molecule has 6 heteroatoms. The highest BCUT2D eigenvalue weighted by Gasteiger charge is 2.02. The Balaban J connectivity index is 3.63. The van der Waals surface area contributed by atoms with Crippen LogP contribution in [0.3, 0.4) is 0 Å². The minimum absolute atomic E-state index is 0.132. The van der Waals surface area contributed by atoms with Gasteiger partial charge in [0.25, 0.3) is 0 Å². The van der Waals surface area contributed by atoms with E-state index < -0.39 is 0 Å². The summed E-state index contributed by atoms with van der Waals surface area (Å²) in [5.41, 5.74) is 0.976. The summed E-state index contributed by atoms with van der Waals surface area (Å²) in [6, 6.07) is 15.1. The average molecular weight is 306 g/mol. The van der Waals surface area contributed by atoms with Crippen molar-refractivity contribution in [3.8, 4) is 36.4 Å². The second-order valence-electron chi connectivity index (χ2n) is 4.28. The SMILES string of the molecule is N#CC(C#N)=Cc1cc(C=C(C#N)C#N)cc(C=C(C#N)C#N)c1. The minimum atomic E-state index is -0.132. The molecule has 0 aliphatic rings. The molecule has 0 bridgehead atoms. The van der Waals surface area contributed by atoms with Crippen molar-refractivity contribution in [2.45, 2.75) is 0 Å². The lowest BCUT2D eigenvalue weighted by molar-refractivity contribution is 1.46. The molecule has 0 saturated heterocycles. The smallest absolute Gasteiger partial charge is 0.130 e. The van der Waals surface area contributed by atoms with Crippen molar-refractivity contribution in [3.63, 3.8) is 0 Å². The molecular weight excluding hydrogens is 300 g/mol. The third kappa shape index (κ3) is 4.74. The van der Waals surface area contributed by atoms with Gasteiger partial charge in [0.15, 0.2) is 0 Å². The summed E-state index contributed by atoms with van der Waals surface area (Å²) in [4.78, 5) is 0. The Morgan fingerprint density at radius 3 is 0.875 bits per heavy atom. The summed E-state index contributed by atoms with van der Waals surface area (Å²) in [6.07, 6.45) is 3.97. The second kappa shape index (κ2) is 8.62. The van der Waals surface area contributed by atoms with Crippen LogP contribution in [0.2, 0.25) is 0 Å². The maximum Gasteiger partial charge on any atom is 0.130 e. The van der Waals surface area contributed by atoms with E-state index >= 15 is 0 Å². The number of nitriles is 6. The lowest BCUT2D eigenvalue weighted by Crippen LogP contribution is -1.85. The van der Waals surface area contributed by atoms with Gasteiger partial charge >= 0.3 is 0 Å². The van der Waals surface area contributed by atoms with E-state index in [1.54, 1.807) is 54.6 Å². The van der Waals surface area contributed by atoms with Crippen molar-refractivity contribution in [2.24, 2.45) is 0 Å². The van der Waals surface area contributed by atoms with Crippen molar-refractivity contribution < 1.29 is 0 Å². The molecule has 1 rings (SSSR count). The predicted octanol–water partition coefficient (Wildman–Crippen LogP) is 2.98. The van der Waals surface area contributed by atoms with Crippen LogP contribution in [0.15, 0.2) is 34.9 Å². The van der Waals surface area contributed by atoms with Gasteiger partial charge in [-0.3, -0.25) is 0 Å². The number of hydrogen-bond acceptors (Lipinski definition) is 6. The van der Waals surface area contributed by atoms with E-state index in [9.17, 15) is 0 Å². The topological polar surface area (TPSA) is 143 Å². The highest BCUT2D eigenvalue weighted by atomic mass is 14.3. The van der Waals surface area contributed by atoms with E-state index in [4.69, 9.17) is 31.6 Å². The fraction of sp³-hybridized carbons (Fsp3) is 0. The maximum atomic E-state index is 8.83. The Morgan fingerprint density at radius 2 is 0.708 bits per heavy atom. The van der Waals surface area contributed by atoms with E-state index in [2.05, 4.69) is 0 Å². The third-order valence-corrected chi connectivity index (χ3v) is 2.66. The molecule has 0 amide bonds. The van der Waals surface area contributed by atoms with Gasteiger partial charge in [-0.15, -0.1) is 0 Å². The van der Waals surface area contributed by atoms with Gasteiger partial charge in [0, 0.05) is 0 Å². The molecule has 1 aromatic carbocycles. The molecule has 0 fully saturated rings. The number of nitrogens with zero attached hydrogens (tertiary/aromatic N) is 6. The maximum absolute atomic E-state index is 8.83. The van der Waals surface area contributed by atoms with Gasteiger partial charge in [0.05, 0.1) is 0 Å². The predicted molar refractivity (Wildman–Crippen MR) is 84.1 cm³/mol. The van der Waals surface area contributed by atoms with Crippen LogP contribution in [0.5, 0.6) is 0 Å². The van der Waals surface area contributed by atoms with E-state index in [0.717, 1.165) is 0 Å². The molecular formula is C18H6N6. The van der Waals surface area contributed by atoms with Crippen LogP contribution in [0.1, 0.15) is 16.7 Å². The Kier molecular flexibility index (Phi) is 6.26. The number of allylic oxidation sites excluding steroid dienone is 3. The molecule has 1 aromatic rings. The molecule has 0 heterocycles. The van der Waals surface area contributed by atoms with E-state index in [-0.39, 0.29) is 16.7 Å². The van der Waals surface area contributed by atoms with E-state index in [0.29, 0.717) is 16.7 Å². The fourth-order valence-electron chi connectivity index (χ4n) is 1.72. The Morgan fingerprint density at radius 1 is 0.500 bits per heavy atom. The standard InChI is InChI=1S/C18H6N6/c19-7-16(8-20)4-13-1-14(5-17(9-21)10-22)3-15(2-13)6-18(11-23)12-24/h1-6H. The summed E-state index contributed by atoms with van der Waals surface area (Å²) in [7, 11) is 0. The zero-order valence-electron chi connectivity index (χ0n) is 12.1. The van der Waals surface area contributed by atoms with Gasteiger partial charge in [0.2, 0.25) is 0 Å². The Hall–Kier alpha value is -4.62. The normalized spacial score (nSPS) is 7.75. The molecule has 0 atom stereocenters. The minimum Gasteiger partial charge on any atom is -0.192 e. The highest BCUT2D eigenvalue weighted by Crippen LogP contribution is 2.18. The Bertz CT molecular complexity index is 819. The van der Waals surface area contributed by atoms with Crippen molar-refractivity contribution in [3.05, 3.63) is 51.6 Å². The van der Waals surface area contributed by atoms with Crippen LogP contribution >= 0.6 is 0 Å². The lowest BCUT2D eigenvalue weighted by atomic mass is 10.0. The first-order chi connectivity index (χ1) is 11.6. The van der Waals surface area contributed by atoms with E-state index in [1.165, 1.54) is 18.2 Å². The van der Waals surface area contributed by atoms with Gasteiger partial charge < -0.3 is 0 Å². The van der Waals surface area contributed by atoms with Crippen molar-refractivity contribution in [2.75, 3.05) is 0 Å². The van der Waals surface area contributed by atoms with Crippen LogP contribution < -0.4 is 0 Å². The molecule has 0 saturated carbocycles. The van der Waals surface area contributed by atoms with Crippen LogP contribution in [-0.4, -0.2) is 0 Å².